The van der Waals surface area contributed by atoms with Crippen LogP contribution in [0.15, 0.2) is 30.3 Å². The monoisotopic (exact) mass is 211 g/mol. The van der Waals surface area contributed by atoms with E-state index < -0.39 is 0 Å². The van der Waals surface area contributed by atoms with Crippen molar-refractivity contribution < 1.29 is 0 Å². The molecule has 3 heteroatoms. The molecule has 0 fully saturated rings. The molecule has 0 heterocycles. The van der Waals surface area contributed by atoms with Gasteiger partial charge in [0.1, 0.15) is 0 Å². The van der Waals surface area contributed by atoms with Crippen LogP contribution in [0.2, 0.25) is 0 Å². The van der Waals surface area contributed by atoms with Crippen molar-refractivity contribution in [3.05, 3.63) is 30.3 Å². The Kier molecular flexibility index (Phi) is 6.42. The summed E-state index contributed by atoms with van der Waals surface area (Å²) in [7, 11) is 0. The van der Waals surface area contributed by atoms with Crippen LogP contribution in [-0.2, 0) is 0 Å². The van der Waals surface area contributed by atoms with E-state index in [1.54, 1.807) is 0 Å². The smallest absolute Gasteiger partial charge is 0.355 e. The first kappa shape index (κ1) is 10.4. The van der Waals surface area contributed by atoms with Crippen molar-refractivity contribution in [1.82, 2.24) is 0 Å². The number of hydrogen-bond donors (Lipinski definition) is 1. The van der Waals surface area contributed by atoms with Gasteiger partial charge in [0.05, 0.1) is 0 Å². The quantitative estimate of drug-likeness (QED) is 0.710. The molecule has 1 aromatic rings. The number of rotatable bonds is 2. The van der Waals surface area contributed by atoms with E-state index in [0.29, 0.717) is 0 Å². The van der Waals surface area contributed by atoms with Gasteiger partial charge in [-0.1, -0.05) is 35.0 Å². The van der Waals surface area contributed by atoms with Crippen molar-refractivity contribution in [2.24, 2.45) is 5.73 Å². The van der Waals surface area contributed by atoms with Gasteiger partial charge in [-0.3, -0.25) is 0 Å². The van der Waals surface area contributed by atoms with Crippen LogP contribution in [0.3, 0.4) is 0 Å². The fourth-order valence-corrected chi connectivity index (χ4v) is 1.75. The Hall–Kier alpha value is 0.426. The highest BCUT2D eigenvalue weighted by atomic mass is 79.9. The third-order valence-corrected chi connectivity index (χ3v) is 2.61. The summed E-state index contributed by atoms with van der Waals surface area (Å²) in [6.45, 7) is 0. The molecule has 10 heavy (non-hydrogen) atoms. The Morgan fingerprint density at radius 2 is 1.80 bits per heavy atom. The first-order valence-corrected chi connectivity index (χ1v) is 4.88. The van der Waals surface area contributed by atoms with E-state index in [4.69, 9.17) is 5.73 Å². The molecule has 0 amide bonds. The van der Waals surface area contributed by atoms with E-state index in [1.807, 2.05) is 6.07 Å². The normalized spacial score (nSPS) is 7.70. The van der Waals surface area contributed by atoms with E-state index in [2.05, 4.69) is 24.3 Å². The maximum Gasteiger partial charge on any atom is 0.428 e. The fraction of sp³-hybridized carbons (Fsp3) is 0.143. The molecule has 1 aromatic carbocycles. The summed E-state index contributed by atoms with van der Waals surface area (Å²) in [5.41, 5.74) is 5.42. The van der Waals surface area contributed by atoms with E-state index in [0.717, 1.165) is 4.67 Å². The Balaban J connectivity index is 0.000000810. The zero-order valence-corrected chi connectivity index (χ0v) is 8.91. The van der Waals surface area contributed by atoms with Gasteiger partial charge in [-0.05, 0) is 0 Å². The van der Waals surface area contributed by atoms with Crippen LogP contribution < -0.4 is 9.43 Å². The van der Waals surface area contributed by atoms with Crippen molar-refractivity contribution >= 4 is 41.0 Å². The van der Waals surface area contributed by atoms with Gasteiger partial charge in [0.2, 0.25) is 0 Å². The van der Waals surface area contributed by atoms with Gasteiger partial charge in [-0.25, -0.2) is 0 Å². The van der Waals surface area contributed by atoms with Crippen molar-refractivity contribution in [3.63, 3.8) is 0 Å². The van der Waals surface area contributed by atoms with Gasteiger partial charge in [0.15, 0.2) is 0 Å². The molecule has 2 N–H and O–H groups in total. The molecule has 0 bridgehead atoms. The van der Waals surface area contributed by atoms with Crippen LogP contribution in [0, 0.1) is 0 Å². The second-order valence-corrected chi connectivity index (χ2v) is 3.92. The average Bonchev–Trinajstić information content (AvgIpc) is 1.91. The number of hydrogen-bond acceptors (Lipinski definition) is 1. The predicted molar refractivity (Wildman–Crippen MR) is 51.2 cm³/mol. The van der Waals surface area contributed by atoms with Crippen LogP contribution in [0.1, 0.15) is 0 Å². The van der Waals surface area contributed by atoms with E-state index >= 15 is 0 Å². The molecule has 0 aliphatic carbocycles. The molecule has 1 rings (SSSR count). The molecule has 0 aliphatic rings. The Labute approximate surface area is 81.5 Å². The fourth-order valence-electron chi connectivity index (χ4n) is 0.811. The predicted octanol–water partition coefficient (Wildman–Crippen LogP) is 0.510. The highest BCUT2D eigenvalue weighted by Gasteiger charge is 1.91. The minimum Gasteiger partial charge on any atom is -0.355 e. The highest BCUT2D eigenvalue weighted by molar-refractivity contribution is 8.93. The molecule has 0 aromatic heterocycles. The average molecular weight is 212 g/mol. The van der Waals surface area contributed by atoms with Gasteiger partial charge in [-0.2, -0.15) is 3.69 Å². The summed E-state index contributed by atoms with van der Waals surface area (Å²) in [4.78, 5) is 0. The van der Waals surface area contributed by atoms with Crippen LogP contribution in [-0.4, -0.2) is 25.0 Å². The van der Waals surface area contributed by atoms with Crippen LogP contribution >= 0.6 is 17.0 Å². The second kappa shape index (κ2) is 6.16. The van der Waals surface area contributed by atoms with Crippen molar-refractivity contribution in [2.45, 2.75) is 0 Å². The lowest BCUT2D eigenvalue weighted by atomic mass is 10.4. The standard InChI is InChI=1S/C6H5.CH4N.BrH.Mg/c1-2-4-6-5-3-1;1-2;;/h1-5H;1-2H2;1H;. The molecular weight excluding hydrogens is 202 g/mol. The molecule has 0 saturated carbocycles. The van der Waals surface area contributed by atoms with E-state index in [-0.39, 0.29) is 37.3 Å². The van der Waals surface area contributed by atoms with Gasteiger partial charge < -0.3 is 5.73 Å². The summed E-state index contributed by atoms with van der Waals surface area (Å²) < 4.78 is 2.34. The Bertz CT molecular complexity index is 167. The van der Waals surface area contributed by atoms with Crippen molar-refractivity contribution in [2.75, 3.05) is 4.67 Å². The van der Waals surface area contributed by atoms with Gasteiger partial charge in [-0.15, -0.1) is 17.0 Å². The Morgan fingerprint density at radius 3 is 2.30 bits per heavy atom. The van der Waals surface area contributed by atoms with Crippen LogP contribution in [0.4, 0.5) is 0 Å². The number of benzene rings is 1. The van der Waals surface area contributed by atoms with Gasteiger partial charge in [0, 0.05) is 0 Å². The third kappa shape index (κ3) is 3.56. The van der Waals surface area contributed by atoms with Crippen LogP contribution in [0.5, 0.6) is 0 Å². The minimum absolute atomic E-state index is 0. The zero-order chi connectivity index (χ0) is 6.53. The van der Waals surface area contributed by atoms with Crippen LogP contribution in [0.25, 0.3) is 0 Å². The lowest BCUT2D eigenvalue weighted by Crippen LogP contribution is -2.22. The molecular formula is C7H10BrMgN. The Morgan fingerprint density at radius 1 is 1.20 bits per heavy atom. The van der Waals surface area contributed by atoms with Crippen molar-refractivity contribution in [1.29, 1.82) is 0 Å². The second-order valence-electron chi connectivity index (χ2n) is 2.02. The first-order chi connectivity index (χ1) is 4.43. The topological polar surface area (TPSA) is 26.0 Å². The highest BCUT2D eigenvalue weighted by Crippen LogP contribution is 1.79. The summed E-state index contributed by atoms with van der Waals surface area (Å²) in [6.07, 6.45) is 0. The molecule has 0 aliphatic heterocycles. The minimum atomic E-state index is -0.123. The summed E-state index contributed by atoms with van der Waals surface area (Å²) >= 11 is -0.123. The van der Waals surface area contributed by atoms with Crippen molar-refractivity contribution in [3.8, 4) is 0 Å². The molecule has 52 valence electrons. The number of nitrogens with two attached hydrogens (primary N) is 1. The van der Waals surface area contributed by atoms with E-state index in [9.17, 15) is 0 Å². The SMILES string of the molecule is Br.N[CH2][Mg][c]1ccccc1. The summed E-state index contributed by atoms with van der Waals surface area (Å²) in [6, 6.07) is 10.5. The summed E-state index contributed by atoms with van der Waals surface area (Å²) in [5, 5.41) is 0. The summed E-state index contributed by atoms with van der Waals surface area (Å²) in [5.74, 6) is 0. The lowest BCUT2D eigenvalue weighted by molar-refractivity contribution is 1.37. The largest absolute Gasteiger partial charge is 0.428 e. The molecule has 0 unspecified atom stereocenters. The zero-order valence-electron chi connectivity index (χ0n) is 5.79. The van der Waals surface area contributed by atoms with Gasteiger partial charge >= 0.3 is 20.4 Å². The molecule has 0 radical (unpaired) electrons. The molecule has 0 atom stereocenters. The maximum absolute atomic E-state index is 5.42. The lowest BCUT2D eigenvalue weighted by Gasteiger charge is -1.91. The molecule has 1 nitrogen and oxygen atoms in total. The van der Waals surface area contributed by atoms with E-state index in [1.165, 1.54) is 3.69 Å². The molecule has 0 spiro atoms. The van der Waals surface area contributed by atoms with Gasteiger partial charge in [0.25, 0.3) is 0 Å². The first-order valence-electron chi connectivity index (χ1n) is 3.17. The number of halogens is 1. The maximum atomic E-state index is 5.42. The third-order valence-electron chi connectivity index (χ3n) is 1.28. The molecule has 0 saturated heterocycles.